The zero-order valence-electron chi connectivity index (χ0n) is 10.0. The predicted octanol–water partition coefficient (Wildman–Crippen LogP) is 2.10. The minimum Gasteiger partial charge on any atom is -0.383 e. The molecule has 0 spiro atoms. The van der Waals surface area contributed by atoms with Gasteiger partial charge in [-0.1, -0.05) is 15.9 Å². The van der Waals surface area contributed by atoms with Gasteiger partial charge >= 0.3 is 0 Å². The van der Waals surface area contributed by atoms with Crippen LogP contribution in [0.15, 0.2) is 45.9 Å². The second kappa shape index (κ2) is 5.48. The van der Waals surface area contributed by atoms with E-state index in [1.165, 1.54) is 30.5 Å². The number of pyridine rings is 1. The standard InChI is InChI=1S/C12H9BrN4O2S/c13-9-4-3-8(7-14)10(6-9)17-20(18,19)11-2-1-5-16-12(11)15/h1-6,17H,(H2,15,16). The highest BCUT2D eigenvalue weighted by Gasteiger charge is 2.19. The lowest BCUT2D eigenvalue weighted by Gasteiger charge is -2.10. The van der Waals surface area contributed by atoms with Crippen molar-refractivity contribution in [2.24, 2.45) is 0 Å². The SMILES string of the molecule is N#Cc1ccc(Br)cc1NS(=O)(=O)c1cccnc1N. The molecule has 0 bridgehead atoms. The van der Waals surface area contributed by atoms with E-state index in [2.05, 4.69) is 25.6 Å². The summed E-state index contributed by atoms with van der Waals surface area (Å²) in [6, 6.07) is 9.39. The number of anilines is 2. The lowest BCUT2D eigenvalue weighted by molar-refractivity contribution is 0.601. The fourth-order valence-electron chi connectivity index (χ4n) is 1.53. The minimum atomic E-state index is -3.90. The number of halogens is 1. The van der Waals surface area contributed by atoms with E-state index in [1.54, 1.807) is 6.07 Å². The van der Waals surface area contributed by atoms with Crippen LogP contribution in [0, 0.1) is 11.3 Å². The molecule has 0 atom stereocenters. The molecule has 0 aliphatic rings. The first-order valence-electron chi connectivity index (χ1n) is 5.37. The van der Waals surface area contributed by atoms with Gasteiger partial charge < -0.3 is 5.73 Å². The van der Waals surface area contributed by atoms with Gasteiger partial charge in [0.25, 0.3) is 10.0 Å². The van der Waals surface area contributed by atoms with Gasteiger partial charge in [0, 0.05) is 10.7 Å². The lowest BCUT2D eigenvalue weighted by atomic mass is 10.2. The smallest absolute Gasteiger partial charge is 0.265 e. The average Bonchev–Trinajstić information content (AvgIpc) is 2.39. The minimum absolute atomic E-state index is 0.103. The molecule has 0 amide bonds. The van der Waals surface area contributed by atoms with Crippen molar-refractivity contribution in [2.45, 2.75) is 4.90 Å². The average molecular weight is 353 g/mol. The number of nitrogens with zero attached hydrogens (tertiary/aromatic N) is 2. The molecule has 0 unspecified atom stereocenters. The summed E-state index contributed by atoms with van der Waals surface area (Å²) in [5, 5.41) is 8.99. The fraction of sp³-hybridized carbons (Fsp3) is 0. The van der Waals surface area contributed by atoms with Crippen LogP contribution in [-0.4, -0.2) is 13.4 Å². The number of sulfonamides is 1. The monoisotopic (exact) mass is 352 g/mol. The Kier molecular flexibility index (Phi) is 3.92. The van der Waals surface area contributed by atoms with Gasteiger partial charge in [-0.05, 0) is 30.3 Å². The number of nitrogen functional groups attached to an aromatic ring is 1. The van der Waals surface area contributed by atoms with Crippen LogP contribution in [0.5, 0.6) is 0 Å². The third-order valence-electron chi connectivity index (χ3n) is 2.44. The van der Waals surface area contributed by atoms with Gasteiger partial charge in [0.05, 0.1) is 11.3 Å². The first kappa shape index (κ1) is 14.3. The largest absolute Gasteiger partial charge is 0.383 e. The summed E-state index contributed by atoms with van der Waals surface area (Å²) in [6.07, 6.45) is 1.40. The third kappa shape index (κ3) is 2.89. The normalized spacial score (nSPS) is 10.8. The molecule has 0 aliphatic carbocycles. The zero-order chi connectivity index (χ0) is 14.8. The van der Waals surface area contributed by atoms with Crippen molar-refractivity contribution in [3.8, 4) is 6.07 Å². The highest BCUT2D eigenvalue weighted by Crippen LogP contribution is 2.25. The summed E-state index contributed by atoms with van der Waals surface area (Å²) in [4.78, 5) is 3.60. The molecule has 0 fully saturated rings. The van der Waals surface area contributed by atoms with Crippen molar-refractivity contribution in [1.82, 2.24) is 4.98 Å². The Balaban J connectivity index is 2.47. The van der Waals surface area contributed by atoms with E-state index in [9.17, 15) is 8.42 Å². The van der Waals surface area contributed by atoms with Crippen LogP contribution in [0.2, 0.25) is 0 Å². The second-order valence-electron chi connectivity index (χ2n) is 3.79. The van der Waals surface area contributed by atoms with Crippen molar-refractivity contribution in [3.05, 3.63) is 46.6 Å². The Morgan fingerprint density at radius 1 is 1.35 bits per heavy atom. The summed E-state index contributed by atoms with van der Waals surface area (Å²) < 4.78 is 27.5. The van der Waals surface area contributed by atoms with Crippen LogP contribution in [0.1, 0.15) is 5.56 Å². The zero-order valence-corrected chi connectivity index (χ0v) is 12.4. The highest BCUT2D eigenvalue weighted by atomic mass is 79.9. The number of nitriles is 1. The van der Waals surface area contributed by atoms with Crippen LogP contribution in [0.25, 0.3) is 0 Å². The summed E-state index contributed by atoms with van der Waals surface area (Å²) in [6.45, 7) is 0. The van der Waals surface area contributed by atoms with Gasteiger partial charge in [0.15, 0.2) is 0 Å². The van der Waals surface area contributed by atoms with Crippen LogP contribution in [-0.2, 0) is 10.0 Å². The van der Waals surface area contributed by atoms with Gasteiger partial charge in [0.1, 0.15) is 16.8 Å². The van der Waals surface area contributed by atoms with E-state index in [0.29, 0.717) is 4.47 Å². The van der Waals surface area contributed by atoms with E-state index in [0.717, 1.165) is 0 Å². The summed E-state index contributed by atoms with van der Waals surface area (Å²) in [5.74, 6) is -0.103. The Hall–Kier alpha value is -2.11. The molecular weight excluding hydrogens is 344 g/mol. The van der Waals surface area contributed by atoms with Gasteiger partial charge in [-0.2, -0.15) is 5.26 Å². The third-order valence-corrected chi connectivity index (χ3v) is 4.34. The molecule has 8 heteroatoms. The predicted molar refractivity (Wildman–Crippen MR) is 78.3 cm³/mol. The number of nitrogens with two attached hydrogens (primary N) is 1. The Morgan fingerprint density at radius 2 is 2.10 bits per heavy atom. The molecule has 0 aliphatic heterocycles. The number of hydrogen-bond acceptors (Lipinski definition) is 5. The maximum Gasteiger partial charge on any atom is 0.265 e. The first-order chi connectivity index (χ1) is 9.44. The van der Waals surface area contributed by atoms with E-state index in [-0.39, 0.29) is 22.0 Å². The molecular formula is C12H9BrN4O2S. The fourth-order valence-corrected chi connectivity index (χ4v) is 3.04. The molecule has 0 saturated carbocycles. The van der Waals surface area contributed by atoms with Crippen molar-refractivity contribution in [3.63, 3.8) is 0 Å². The van der Waals surface area contributed by atoms with Crippen LogP contribution in [0.3, 0.4) is 0 Å². The van der Waals surface area contributed by atoms with Crippen LogP contribution in [0.4, 0.5) is 11.5 Å². The molecule has 2 aromatic rings. The molecule has 2 rings (SSSR count). The second-order valence-corrected chi connectivity index (χ2v) is 6.36. The lowest BCUT2D eigenvalue weighted by Crippen LogP contribution is -2.16. The van der Waals surface area contributed by atoms with Crippen molar-refractivity contribution >= 4 is 37.5 Å². The molecule has 1 aromatic heterocycles. The number of rotatable bonds is 3. The maximum absolute atomic E-state index is 12.2. The summed E-state index contributed by atoms with van der Waals surface area (Å²) >= 11 is 3.22. The summed E-state index contributed by atoms with van der Waals surface area (Å²) in [7, 11) is -3.90. The number of nitrogens with one attached hydrogen (secondary N) is 1. The van der Waals surface area contributed by atoms with Crippen LogP contribution < -0.4 is 10.5 Å². The van der Waals surface area contributed by atoms with Gasteiger partial charge in [-0.3, -0.25) is 4.72 Å². The Labute approximate surface area is 124 Å². The number of hydrogen-bond donors (Lipinski definition) is 2. The van der Waals surface area contributed by atoms with Crippen LogP contribution >= 0.6 is 15.9 Å². The molecule has 102 valence electrons. The Morgan fingerprint density at radius 3 is 2.75 bits per heavy atom. The molecule has 0 saturated heterocycles. The number of aromatic nitrogens is 1. The summed E-state index contributed by atoms with van der Waals surface area (Å²) in [5.41, 5.74) is 5.94. The topological polar surface area (TPSA) is 109 Å². The maximum atomic E-state index is 12.2. The molecule has 6 nitrogen and oxygen atoms in total. The first-order valence-corrected chi connectivity index (χ1v) is 7.64. The van der Waals surface area contributed by atoms with Gasteiger partial charge in [-0.25, -0.2) is 13.4 Å². The van der Waals surface area contributed by atoms with E-state index in [4.69, 9.17) is 11.0 Å². The molecule has 20 heavy (non-hydrogen) atoms. The van der Waals surface area contributed by atoms with E-state index in [1.807, 2.05) is 6.07 Å². The molecule has 3 N–H and O–H groups in total. The highest BCUT2D eigenvalue weighted by molar-refractivity contribution is 9.10. The quantitative estimate of drug-likeness (QED) is 0.878. The van der Waals surface area contributed by atoms with Gasteiger partial charge in [0.2, 0.25) is 0 Å². The van der Waals surface area contributed by atoms with Crippen molar-refractivity contribution in [1.29, 1.82) is 5.26 Å². The van der Waals surface area contributed by atoms with Gasteiger partial charge in [-0.15, -0.1) is 0 Å². The Bertz CT molecular complexity index is 799. The van der Waals surface area contributed by atoms with Crippen molar-refractivity contribution < 1.29 is 8.42 Å². The molecule has 1 aromatic carbocycles. The van der Waals surface area contributed by atoms with E-state index < -0.39 is 10.0 Å². The molecule has 1 heterocycles. The van der Waals surface area contributed by atoms with Crippen molar-refractivity contribution in [2.75, 3.05) is 10.5 Å². The number of benzene rings is 1. The van der Waals surface area contributed by atoms with E-state index >= 15 is 0 Å². The molecule has 0 radical (unpaired) electrons.